The summed E-state index contributed by atoms with van der Waals surface area (Å²) in [5.41, 5.74) is 3.92. The largest absolute Gasteiger partial charge is 0.419 e. The lowest BCUT2D eigenvalue weighted by atomic mass is 9.91. The minimum absolute atomic E-state index is 0.326. The summed E-state index contributed by atoms with van der Waals surface area (Å²) < 4.78 is 5.69. The molecule has 2 nitrogen and oxygen atoms in total. The van der Waals surface area contributed by atoms with Crippen molar-refractivity contribution in [2.24, 2.45) is 0 Å². The number of fused-ring (bicyclic) bond motifs is 1. The second-order valence-corrected chi connectivity index (χ2v) is 5.30. The SMILES string of the molecule is O=c1oc(-c2ccccc2)c(-c2ccccc2)c2c1C=C[C+]=C2. The minimum atomic E-state index is -0.326. The maximum Gasteiger partial charge on any atom is 0.371 e. The quantitative estimate of drug-likeness (QED) is 0.635. The highest BCUT2D eigenvalue weighted by Gasteiger charge is 2.26. The highest BCUT2D eigenvalue weighted by atomic mass is 16.4. The van der Waals surface area contributed by atoms with Crippen molar-refractivity contribution in [3.8, 4) is 22.5 Å². The van der Waals surface area contributed by atoms with Crippen molar-refractivity contribution in [1.82, 2.24) is 0 Å². The summed E-state index contributed by atoms with van der Waals surface area (Å²) in [5.74, 6) is 0.592. The molecule has 0 spiro atoms. The molecule has 1 heterocycles. The molecule has 0 radical (unpaired) electrons. The van der Waals surface area contributed by atoms with Gasteiger partial charge in [-0.2, -0.15) is 0 Å². The van der Waals surface area contributed by atoms with Crippen LogP contribution in [-0.4, -0.2) is 0 Å². The zero-order chi connectivity index (χ0) is 15.6. The number of hydrogen-bond acceptors (Lipinski definition) is 2. The molecule has 0 bridgehead atoms. The van der Waals surface area contributed by atoms with E-state index in [1.54, 1.807) is 12.2 Å². The van der Waals surface area contributed by atoms with Crippen molar-refractivity contribution in [2.75, 3.05) is 0 Å². The molecule has 23 heavy (non-hydrogen) atoms. The van der Waals surface area contributed by atoms with E-state index >= 15 is 0 Å². The Hall–Kier alpha value is -3.22. The van der Waals surface area contributed by atoms with Gasteiger partial charge in [-0.1, -0.05) is 60.7 Å². The van der Waals surface area contributed by atoms with E-state index in [1.165, 1.54) is 0 Å². The predicted octanol–water partition coefficient (Wildman–Crippen LogP) is 4.82. The van der Waals surface area contributed by atoms with Gasteiger partial charge < -0.3 is 4.42 Å². The van der Waals surface area contributed by atoms with Crippen LogP contribution in [0.1, 0.15) is 11.1 Å². The number of hydrogen-bond donors (Lipinski definition) is 0. The molecule has 1 aliphatic carbocycles. The monoisotopic (exact) mass is 297 g/mol. The molecule has 0 atom stereocenters. The van der Waals surface area contributed by atoms with Gasteiger partial charge in [-0.05, 0) is 5.56 Å². The van der Waals surface area contributed by atoms with Gasteiger partial charge in [0, 0.05) is 11.6 Å². The molecular weight excluding hydrogens is 284 g/mol. The maximum absolute atomic E-state index is 12.4. The van der Waals surface area contributed by atoms with Crippen LogP contribution in [0.4, 0.5) is 0 Å². The van der Waals surface area contributed by atoms with Crippen LogP contribution in [0.3, 0.4) is 0 Å². The zero-order valence-electron chi connectivity index (χ0n) is 12.3. The fraction of sp³-hybridized carbons (Fsp3) is 0. The molecule has 4 rings (SSSR count). The number of rotatable bonds is 2. The third kappa shape index (κ3) is 2.32. The fourth-order valence-electron chi connectivity index (χ4n) is 2.82. The van der Waals surface area contributed by atoms with Gasteiger partial charge in [-0.3, -0.25) is 0 Å². The average molecular weight is 297 g/mol. The normalized spacial score (nSPS) is 11.8. The topological polar surface area (TPSA) is 30.2 Å². The van der Waals surface area contributed by atoms with Crippen molar-refractivity contribution < 1.29 is 4.42 Å². The Bertz CT molecular complexity index is 962. The molecule has 1 aliphatic rings. The first kappa shape index (κ1) is 13.4. The lowest BCUT2D eigenvalue weighted by molar-refractivity contribution is 0.525. The van der Waals surface area contributed by atoms with Gasteiger partial charge in [0.1, 0.15) is 17.7 Å². The molecule has 3 aromatic rings. The van der Waals surface area contributed by atoms with Crippen LogP contribution in [-0.2, 0) is 0 Å². The predicted molar refractivity (Wildman–Crippen MR) is 92.6 cm³/mol. The van der Waals surface area contributed by atoms with E-state index in [2.05, 4.69) is 6.08 Å². The average Bonchev–Trinajstić information content (AvgIpc) is 2.63. The standard InChI is InChI=1S/C21H13O2/c22-21-18-14-8-7-13-17(18)19(15-9-3-1-4-10-15)20(23-21)16-11-5-2-6-12-16/h1-6,8-14H/q+1. The Morgan fingerprint density at radius 1 is 0.783 bits per heavy atom. The van der Waals surface area contributed by atoms with Crippen molar-refractivity contribution in [1.29, 1.82) is 0 Å². The Balaban J connectivity index is 2.11. The van der Waals surface area contributed by atoms with Gasteiger partial charge in [0.05, 0.1) is 11.6 Å². The molecule has 2 heteroatoms. The summed E-state index contributed by atoms with van der Waals surface area (Å²) in [6.45, 7) is 0. The highest BCUT2D eigenvalue weighted by molar-refractivity contribution is 5.90. The third-order valence-electron chi connectivity index (χ3n) is 3.87. The van der Waals surface area contributed by atoms with Gasteiger partial charge in [0.15, 0.2) is 11.3 Å². The third-order valence-corrected chi connectivity index (χ3v) is 3.87. The Labute approximate surface area is 134 Å². The minimum Gasteiger partial charge on any atom is -0.419 e. The van der Waals surface area contributed by atoms with Crippen molar-refractivity contribution >= 4 is 12.2 Å². The summed E-state index contributed by atoms with van der Waals surface area (Å²) in [4.78, 5) is 12.4. The summed E-state index contributed by atoms with van der Waals surface area (Å²) in [5, 5.41) is 0. The van der Waals surface area contributed by atoms with E-state index in [1.807, 2.05) is 66.7 Å². The molecule has 0 aliphatic heterocycles. The Kier molecular flexibility index (Phi) is 3.23. The Morgan fingerprint density at radius 2 is 1.43 bits per heavy atom. The van der Waals surface area contributed by atoms with Crippen LogP contribution in [0.2, 0.25) is 0 Å². The van der Waals surface area contributed by atoms with E-state index in [9.17, 15) is 4.79 Å². The van der Waals surface area contributed by atoms with Gasteiger partial charge in [-0.15, -0.1) is 0 Å². The van der Waals surface area contributed by atoms with Crippen LogP contribution in [0.5, 0.6) is 0 Å². The highest BCUT2D eigenvalue weighted by Crippen LogP contribution is 2.37. The zero-order valence-corrected chi connectivity index (χ0v) is 12.3. The molecule has 0 fully saturated rings. The molecule has 0 saturated heterocycles. The van der Waals surface area contributed by atoms with Crippen LogP contribution in [0.25, 0.3) is 34.6 Å². The maximum atomic E-state index is 12.4. The van der Waals surface area contributed by atoms with Gasteiger partial charge in [-0.25, -0.2) is 4.79 Å². The van der Waals surface area contributed by atoms with Gasteiger partial charge in [0.2, 0.25) is 0 Å². The van der Waals surface area contributed by atoms with Crippen molar-refractivity contribution in [2.45, 2.75) is 0 Å². The van der Waals surface area contributed by atoms with Crippen LogP contribution < -0.4 is 5.63 Å². The molecule has 108 valence electrons. The smallest absolute Gasteiger partial charge is 0.371 e. The molecular formula is C21H13O2+. The first-order chi connectivity index (χ1) is 11.3. The molecule has 1 aromatic heterocycles. The van der Waals surface area contributed by atoms with E-state index in [0.29, 0.717) is 11.3 Å². The summed E-state index contributed by atoms with van der Waals surface area (Å²) in [7, 11) is 0. The number of allylic oxidation sites excluding steroid dienone is 2. The summed E-state index contributed by atoms with van der Waals surface area (Å²) in [6, 6.07) is 19.7. The molecule has 0 N–H and O–H groups in total. The van der Waals surface area contributed by atoms with Crippen molar-refractivity contribution in [3.05, 3.63) is 94.4 Å². The lowest BCUT2D eigenvalue weighted by Gasteiger charge is -2.10. The first-order valence-corrected chi connectivity index (χ1v) is 7.42. The van der Waals surface area contributed by atoms with Gasteiger partial charge >= 0.3 is 5.63 Å². The molecule has 0 saturated carbocycles. The van der Waals surface area contributed by atoms with Crippen LogP contribution in [0.15, 0.2) is 76.0 Å². The second-order valence-electron chi connectivity index (χ2n) is 5.30. The first-order valence-electron chi connectivity index (χ1n) is 7.42. The Morgan fingerprint density at radius 3 is 2.13 bits per heavy atom. The van der Waals surface area contributed by atoms with E-state index in [0.717, 1.165) is 22.3 Å². The van der Waals surface area contributed by atoms with Crippen LogP contribution in [0, 0.1) is 6.08 Å². The summed E-state index contributed by atoms with van der Waals surface area (Å²) in [6.07, 6.45) is 8.40. The van der Waals surface area contributed by atoms with Crippen LogP contribution >= 0.6 is 0 Å². The van der Waals surface area contributed by atoms with Gasteiger partial charge in [0.25, 0.3) is 0 Å². The van der Waals surface area contributed by atoms with E-state index < -0.39 is 0 Å². The fourth-order valence-corrected chi connectivity index (χ4v) is 2.82. The van der Waals surface area contributed by atoms with E-state index in [4.69, 9.17) is 4.42 Å². The molecule has 0 amide bonds. The molecule has 2 aromatic carbocycles. The van der Waals surface area contributed by atoms with Crippen molar-refractivity contribution in [3.63, 3.8) is 0 Å². The summed E-state index contributed by atoms with van der Waals surface area (Å²) >= 11 is 0. The lowest BCUT2D eigenvalue weighted by Crippen LogP contribution is -2.09. The second kappa shape index (κ2) is 5.53. The molecule has 0 unspecified atom stereocenters. The number of benzene rings is 2. The van der Waals surface area contributed by atoms with E-state index in [-0.39, 0.29) is 5.63 Å².